The lowest BCUT2D eigenvalue weighted by Crippen LogP contribution is -2.11. The second-order valence-electron chi connectivity index (χ2n) is 6.73. The van der Waals surface area contributed by atoms with Gasteiger partial charge in [0.2, 0.25) is 15.0 Å². The van der Waals surface area contributed by atoms with E-state index in [1.54, 1.807) is 31.4 Å². The molecule has 0 bridgehead atoms. The van der Waals surface area contributed by atoms with E-state index in [0.717, 1.165) is 12.8 Å². The molecule has 1 fully saturated rings. The third kappa shape index (κ3) is 3.75. The van der Waals surface area contributed by atoms with Gasteiger partial charge in [-0.1, -0.05) is 0 Å². The van der Waals surface area contributed by atoms with Crippen molar-refractivity contribution in [3.05, 3.63) is 36.2 Å². The van der Waals surface area contributed by atoms with Gasteiger partial charge in [0.25, 0.3) is 0 Å². The van der Waals surface area contributed by atoms with E-state index in [2.05, 4.69) is 15.0 Å². The number of pyridine rings is 1. The zero-order chi connectivity index (χ0) is 19.7. The zero-order valence-electron chi connectivity index (χ0n) is 15.6. The topological polar surface area (TPSA) is 103 Å². The Bertz CT molecular complexity index is 1110. The Morgan fingerprint density at radius 2 is 2.00 bits per heavy atom. The number of methoxy groups -OCH3 is 2. The molecule has 9 heteroatoms. The van der Waals surface area contributed by atoms with Gasteiger partial charge >= 0.3 is 0 Å². The molecule has 0 aliphatic heterocycles. The second-order valence-corrected chi connectivity index (χ2v) is 8.63. The number of ether oxygens (including phenoxy) is 3. The van der Waals surface area contributed by atoms with E-state index in [1.165, 1.54) is 13.3 Å². The maximum atomic E-state index is 13.0. The fraction of sp³-hybridized carbons (Fsp3) is 0.368. The van der Waals surface area contributed by atoms with Crippen LogP contribution in [0.25, 0.3) is 11.0 Å². The van der Waals surface area contributed by atoms with Gasteiger partial charge < -0.3 is 19.2 Å². The first-order valence-electron chi connectivity index (χ1n) is 8.91. The van der Waals surface area contributed by atoms with E-state index >= 15 is 0 Å². The van der Waals surface area contributed by atoms with Crippen LogP contribution < -0.4 is 14.2 Å². The Hall–Kier alpha value is -2.81. The van der Waals surface area contributed by atoms with Crippen molar-refractivity contribution >= 4 is 20.9 Å². The molecule has 148 valence electrons. The van der Waals surface area contributed by atoms with Crippen LogP contribution in [0.4, 0.5) is 0 Å². The van der Waals surface area contributed by atoms with E-state index in [0.29, 0.717) is 46.5 Å². The lowest BCUT2D eigenvalue weighted by Gasteiger charge is -2.13. The van der Waals surface area contributed by atoms with Gasteiger partial charge in [-0.25, -0.2) is 13.4 Å². The van der Waals surface area contributed by atoms with Gasteiger partial charge in [0, 0.05) is 18.3 Å². The first kappa shape index (κ1) is 18.5. The van der Waals surface area contributed by atoms with Gasteiger partial charge in [-0.05, 0) is 30.9 Å². The first-order chi connectivity index (χ1) is 13.5. The quantitative estimate of drug-likeness (QED) is 0.617. The summed E-state index contributed by atoms with van der Waals surface area (Å²) in [6.45, 7) is 0.527. The number of aromatic nitrogens is 3. The average molecular weight is 403 g/mol. The number of rotatable bonds is 8. The summed E-state index contributed by atoms with van der Waals surface area (Å²) in [5, 5.41) is -0.117. The number of H-pyrrole nitrogens is 1. The Labute approximate surface area is 162 Å². The number of fused-ring (bicyclic) bond motifs is 1. The molecule has 1 saturated carbocycles. The Balaban J connectivity index is 1.65. The van der Waals surface area contributed by atoms with Crippen molar-refractivity contribution < 1.29 is 22.6 Å². The number of benzene rings is 1. The van der Waals surface area contributed by atoms with E-state index in [1.807, 2.05) is 0 Å². The average Bonchev–Trinajstić information content (AvgIpc) is 3.41. The fourth-order valence-corrected chi connectivity index (χ4v) is 4.07. The molecule has 8 nitrogen and oxygen atoms in total. The van der Waals surface area contributed by atoms with Gasteiger partial charge in [-0.3, -0.25) is 4.98 Å². The van der Waals surface area contributed by atoms with Gasteiger partial charge in [-0.15, -0.1) is 0 Å². The van der Waals surface area contributed by atoms with Gasteiger partial charge in [0.05, 0.1) is 31.9 Å². The van der Waals surface area contributed by atoms with Crippen molar-refractivity contribution in [2.24, 2.45) is 5.92 Å². The molecule has 2 heterocycles. The summed E-state index contributed by atoms with van der Waals surface area (Å²) in [6, 6.07) is 6.80. The van der Waals surface area contributed by atoms with Gasteiger partial charge in [0.1, 0.15) is 17.2 Å². The molecule has 3 aromatic rings. The van der Waals surface area contributed by atoms with Crippen LogP contribution in [-0.4, -0.2) is 44.2 Å². The normalized spacial score (nSPS) is 14.2. The summed E-state index contributed by atoms with van der Waals surface area (Å²) >= 11 is 0. The number of nitrogens with one attached hydrogen (secondary N) is 1. The van der Waals surface area contributed by atoms with Crippen LogP contribution >= 0.6 is 0 Å². The molecule has 0 amide bonds. The van der Waals surface area contributed by atoms with Gasteiger partial charge in [0.15, 0.2) is 11.5 Å². The minimum atomic E-state index is -3.77. The molecular weight excluding hydrogens is 382 g/mol. The van der Waals surface area contributed by atoms with Crippen molar-refractivity contribution in [2.45, 2.75) is 23.8 Å². The largest absolute Gasteiger partial charge is 0.497 e. The van der Waals surface area contributed by atoms with Gasteiger partial charge in [-0.2, -0.15) is 0 Å². The molecule has 1 N–H and O–H groups in total. The third-order valence-corrected chi connectivity index (χ3v) is 6.05. The van der Waals surface area contributed by atoms with Crippen LogP contribution in [0.3, 0.4) is 0 Å². The minimum Gasteiger partial charge on any atom is -0.497 e. The summed E-state index contributed by atoms with van der Waals surface area (Å²) in [6.07, 6.45) is 3.76. The number of aromatic amines is 1. The summed E-state index contributed by atoms with van der Waals surface area (Å²) in [5.74, 6) is 1.62. The molecule has 2 aromatic heterocycles. The van der Waals surface area contributed by atoms with Crippen LogP contribution in [0.1, 0.15) is 18.5 Å². The molecule has 0 spiro atoms. The Kier molecular flexibility index (Phi) is 4.84. The summed E-state index contributed by atoms with van der Waals surface area (Å²) in [7, 11) is -0.704. The summed E-state index contributed by atoms with van der Waals surface area (Å²) < 4.78 is 42.3. The number of sulfone groups is 1. The maximum absolute atomic E-state index is 13.0. The minimum absolute atomic E-state index is 0.117. The standard InChI is InChI=1S/C19H21N3O5S/c1-25-13-5-6-14-15(9-13)22-19(21-14)28(23,24)11-16-18(27-10-12-3-4-12)17(26-2)7-8-20-16/h5-9,12H,3-4,10-11H2,1-2H3,(H,21,22). The summed E-state index contributed by atoms with van der Waals surface area (Å²) in [5.41, 5.74) is 1.43. The highest BCUT2D eigenvalue weighted by atomic mass is 32.2. The van der Waals surface area contributed by atoms with E-state index in [9.17, 15) is 8.42 Å². The van der Waals surface area contributed by atoms with E-state index in [-0.39, 0.29) is 10.9 Å². The summed E-state index contributed by atoms with van der Waals surface area (Å²) in [4.78, 5) is 11.3. The number of nitrogens with zero attached hydrogens (tertiary/aromatic N) is 2. The highest BCUT2D eigenvalue weighted by Crippen LogP contribution is 2.35. The molecule has 0 radical (unpaired) electrons. The number of hydrogen-bond acceptors (Lipinski definition) is 7. The van der Waals surface area contributed by atoms with Crippen molar-refractivity contribution in [2.75, 3.05) is 20.8 Å². The molecular formula is C19H21N3O5S. The lowest BCUT2D eigenvalue weighted by atomic mass is 10.3. The van der Waals surface area contributed by atoms with Crippen LogP contribution in [-0.2, 0) is 15.6 Å². The van der Waals surface area contributed by atoms with Crippen LogP contribution in [0.2, 0.25) is 0 Å². The first-order valence-corrected chi connectivity index (χ1v) is 10.6. The Morgan fingerprint density at radius 3 is 2.71 bits per heavy atom. The zero-order valence-corrected chi connectivity index (χ0v) is 16.5. The highest BCUT2D eigenvalue weighted by Gasteiger charge is 2.27. The monoisotopic (exact) mass is 403 g/mol. The number of imidazole rings is 1. The van der Waals surface area contributed by atoms with Crippen LogP contribution in [0.15, 0.2) is 35.6 Å². The predicted molar refractivity (Wildman–Crippen MR) is 103 cm³/mol. The predicted octanol–water partition coefficient (Wildman–Crippen LogP) is 2.74. The van der Waals surface area contributed by atoms with E-state index < -0.39 is 9.84 Å². The second kappa shape index (κ2) is 7.31. The van der Waals surface area contributed by atoms with Crippen molar-refractivity contribution in [3.63, 3.8) is 0 Å². The molecule has 1 aliphatic carbocycles. The van der Waals surface area contributed by atoms with Crippen molar-refractivity contribution in [1.82, 2.24) is 15.0 Å². The highest BCUT2D eigenvalue weighted by molar-refractivity contribution is 7.90. The molecule has 0 unspecified atom stereocenters. The lowest BCUT2D eigenvalue weighted by molar-refractivity contribution is 0.276. The van der Waals surface area contributed by atoms with Crippen molar-refractivity contribution in [3.8, 4) is 17.2 Å². The SMILES string of the molecule is COc1ccc2nc(S(=O)(=O)Cc3nccc(OC)c3OCC3CC3)[nH]c2c1. The van der Waals surface area contributed by atoms with E-state index in [4.69, 9.17) is 14.2 Å². The molecule has 1 aromatic carbocycles. The number of hydrogen-bond donors (Lipinski definition) is 1. The maximum Gasteiger partial charge on any atom is 0.226 e. The molecule has 28 heavy (non-hydrogen) atoms. The van der Waals surface area contributed by atoms with Crippen molar-refractivity contribution in [1.29, 1.82) is 0 Å². The molecule has 0 saturated heterocycles. The van der Waals surface area contributed by atoms with Crippen LogP contribution in [0, 0.1) is 5.92 Å². The molecule has 1 aliphatic rings. The van der Waals surface area contributed by atoms with Crippen LogP contribution in [0.5, 0.6) is 17.2 Å². The molecule has 4 rings (SSSR count). The smallest absolute Gasteiger partial charge is 0.226 e. The fourth-order valence-electron chi connectivity index (χ4n) is 2.86. The Morgan fingerprint density at radius 1 is 1.18 bits per heavy atom. The third-order valence-electron chi connectivity index (χ3n) is 4.61. The molecule has 0 atom stereocenters.